The molecular formula is C23H25N3O. The summed E-state index contributed by atoms with van der Waals surface area (Å²) < 4.78 is 0. The lowest BCUT2D eigenvalue weighted by Crippen LogP contribution is -2.60. The molecule has 6 rings (SSSR count). The Balaban J connectivity index is 1.44. The Morgan fingerprint density at radius 2 is 1.85 bits per heavy atom. The first-order chi connectivity index (χ1) is 13.3. The number of piperidine rings is 3. The van der Waals surface area contributed by atoms with Gasteiger partial charge in [-0.15, -0.1) is 0 Å². The number of likely N-dealkylation sites (tertiary alicyclic amines) is 1. The van der Waals surface area contributed by atoms with E-state index in [0.717, 1.165) is 12.1 Å². The average molecular weight is 359 g/mol. The minimum absolute atomic E-state index is 0.147. The predicted octanol–water partition coefficient (Wildman–Crippen LogP) is 3.18. The lowest BCUT2D eigenvalue weighted by molar-refractivity contribution is -0.130. The van der Waals surface area contributed by atoms with Crippen LogP contribution < -0.4 is 0 Å². The first-order valence-corrected chi connectivity index (χ1v) is 9.99. The van der Waals surface area contributed by atoms with Gasteiger partial charge >= 0.3 is 0 Å². The molecule has 2 bridgehead atoms. The van der Waals surface area contributed by atoms with Crippen LogP contribution in [0.15, 0.2) is 60.9 Å². The fraction of sp³-hybridized carbons (Fsp3) is 0.391. The van der Waals surface area contributed by atoms with Gasteiger partial charge in [-0.3, -0.25) is 14.7 Å². The number of nitrogens with zero attached hydrogens (tertiary/aromatic N) is 3. The van der Waals surface area contributed by atoms with E-state index in [2.05, 4.69) is 20.9 Å². The highest BCUT2D eigenvalue weighted by Crippen LogP contribution is 2.46. The summed E-state index contributed by atoms with van der Waals surface area (Å²) in [5, 5.41) is 0. The number of pyridine rings is 1. The number of hydrogen-bond donors (Lipinski definition) is 0. The Morgan fingerprint density at radius 3 is 2.59 bits per heavy atom. The van der Waals surface area contributed by atoms with Crippen LogP contribution in [0.4, 0.5) is 0 Å². The van der Waals surface area contributed by atoms with E-state index in [1.807, 2.05) is 54.9 Å². The molecule has 3 unspecified atom stereocenters. The van der Waals surface area contributed by atoms with Crippen molar-refractivity contribution in [1.29, 1.82) is 0 Å². The topological polar surface area (TPSA) is 36.4 Å². The zero-order valence-corrected chi connectivity index (χ0v) is 15.4. The molecule has 0 aliphatic carbocycles. The molecule has 1 aromatic heterocycles. The van der Waals surface area contributed by atoms with Crippen molar-refractivity contribution >= 4 is 12.0 Å². The first-order valence-electron chi connectivity index (χ1n) is 9.99. The highest BCUT2D eigenvalue weighted by Gasteiger charge is 2.54. The number of amides is 1. The zero-order valence-electron chi connectivity index (χ0n) is 15.4. The highest BCUT2D eigenvalue weighted by atomic mass is 16.2. The number of carbonyl (C=O) groups is 1. The van der Waals surface area contributed by atoms with Gasteiger partial charge in [-0.25, -0.2) is 0 Å². The standard InChI is InChI=1S/C23H25N3O/c27-21(9-8-17-5-2-1-3-6-17)26-16-20(19-7-4-12-24-15-19)23-22(26)18-10-13-25(23)14-11-18/h1-9,12,15,18,20,22-23H,10-11,13-14,16H2. The van der Waals surface area contributed by atoms with E-state index in [4.69, 9.17) is 0 Å². The second-order valence-electron chi connectivity index (χ2n) is 7.98. The maximum absolute atomic E-state index is 13.1. The first kappa shape index (κ1) is 16.7. The second-order valence-corrected chi connectivity index (χ2v) is 7.98. The normalized spacial score (nSPS) is 32.0. The van der Waals surface area contributed by atoms with Gasteiger partial charge in [0.25, 0.3) is 0 Å². The Bertz CT molecular complexity index is 827. The van der Waals surface area contributed by atoms with Gasteiger partial charge in [0.2, 0.25) is 5.91 Å². The van der Waals surface area contributed by atoms with Crippen LogP contribution >= 0.6 is 0 Å². The molecule has 0 spiro atoms. The van der Waals surface area contributed by atoms with Crippen LogP contribution in [0.1, 0.15) is 29.9 Å². The molecule has 4 aliphatic heterocycles. The van der Waals surface area contributed by atoms with Gasteiger partial charge in [-0.05, 0) is 55.1 Å². The average Bonchev–Trinajstić information content (AvgIpc) is 3.17. The van der Waals surface area contributed by atoms with Gasteiger partial charge in [-0.2, -0.15) is 0 Å². The van der Waals surface area contributed by atoms with E-state index < -0.39 is 0 Å². The van der Waals surface area contributed by atoms with E-state index in [0.29, 0.717) is 23.9 Å². The van der Waals surface area contributed by atoms with E-state index in [1.165, 1.54) is 31.5 Å². The molecule has 5 heterocycles. The minimum atomic E-state index is 0.147. The number of rotatable bonds is 3. The van der Waals surface area contributed by atoms with Crippen molar-refractivity contribution < 1.29 is 4.79 Å². The summed E-state index contributed by atoms with van der Waals surface area (Å²) >= 11 is 0. The number of benzene rings is 1. The third kappa shape index (κ3) is 2.98. The zero-order chi connectivity index (χ0) is 18.2. The molecule has 4 saturated heterocycles. The summed E-state index contributed by atoms with van der Waals surface area (Å²) in [7, 11) is 0. The second kappa shape index (κ2) is 6.93. The summed E-state index contributed by atoms with van der Waals surface area (Å²) in [6, 6.07) is 15.0. The molecule has 0 saturated carbocycles. The molecule has 4 fully saturated rings. The molecule has 4 heteroatoms. The van der Waals surface area contributed by atoms with Gasteiger partial charge < -0.3 is 4.90 Å². The van der Waals surface area contributed by atoms with Gasteiger partial charge in [0.1, 0.15) is 0 Å². The largest absolute Gasteiger partial charge is 0.334 e. The van der Waals surface area contributed by atoms with Crippen LogP contribution in [-0.2, 0) is 4.79 Å². The van der Waals surface area contributed by atoms with Crippen LogP contribution in [0.3, 0.4) is 0 Å². The van der Waals surface area contributed by atoms with Crippen molar-refractivity contribution in [2.75, 3.05) is 19.6 Å². The van der Waals surface area contributed by atoms with Crippen molar-refractivity contribution in [2.24, 2.45) is 5.92 Å². The highest BCUT2D eigenvalue weighted by molar-refractivity contribution is 5.92. The molecule has 3 atom stereocenters. The SMILES string of the molecule is O=C(C=Cc1ccccc1)N1CC(c2cccnc2)C2C1C1CCN2CC1. The van der Waals surface area contributed by atoms with Crippen LogP contribution in [0.5, 0.6) is 0 Å². The van der Waals surface area contributed by atoms with Crippen LogP contribution in [-0.4, -0.2) is 52.4 Å². The van der Waals surface area contributed by atoms with E-state index >= 15 is 0 Å². The fourth-order valence-corrected chi connectivity index (χ4v) is 5.39. The fourth-order valence-electron chi connectivity index (χ4n) is 5.39. The summed E-state index contributed by atoms with van der Waals surface area (Å²) in [6.45, 7) is 3.14. The third-order valence-electron chi connectivity index (χ3n) is 6.61. The Kier molecular flexibility index (Phi) is 4.29. The molecule has 2 aromatic rings. The molecule has 27 heavy (non-hydrogen) atoms. The van der Waals surface area contributed by atoms with Gasteiger partial charge in [-0.1, -0.05) is 36.4 Å². The lowest BCUT2D eigenvalue weighted by atomic mass is 9.75. The Labute approximate surface area is 160 Å². The minimum Gasteiger partial charge on any atom is -0.334 e. The Morgan fingerprint density at radius 1 is 1.04 bits per heavy atom. The summed E-state index contributed by atoms with van der Waals surface area (Å²) in [5.41, 5.74) is 2.33. The number of aromatic nitrogens is 1. The molecule has 1 aromatic carbocycles. The van der Waals surface area contributed by atoms with Gasteiger partial charge in [0.05, 0.1) is 6.04 Å². The number of fused-ring (bicyclic) bond motifs is 2. The van der Waals surface area contributed by atoms with Crippen LogP contribution in [0.25, 0.3) is 6.08 Å². The number of hydrogen-bond acceptors (Lipinski definition) is 3. The molecule has 4 nitrogen and oxygen atoms in total. The van der Waals surface area contributed by atoms with Crippen molar-refractivity contribution in [1.82, 2.24) is 14.8 Å². The quantitative estimate of drug-likeness (QED) is 0.790. The van der Waals surface area contributed by atoms with Crippen molar-refractivity contribution in [2.45, 2.75) is 30.8 Å². The molecule has 4 aliphatic rings. The van der Waals surface area contributed by atoms with E-state index in [-0.39, 0.29) is 5.91 Å². The summed E-state index contributed by atoms with van der Waals surface area (Å²) in [5.74, 6) is 1.14. The lowest BCUT2D eigenvalue weighted by Gasteiger charge is -2.51. The summed E-state index contributed by atoms with van der Waals surface area (Å²) in [6.07, 6.45) is 9.94. The maximum atomic E-state index is 13.1. The van der Waals surface area contributed by atoms with Crippen LogP contribution in [0, 0.1) is 5.92 Å². The monoisotopic (exact) mass is 359 g/mol. The van der Waals surface area contributed by atoms with Crippen molar-refractivity contribution in [3.63, 3.8) is 0 Å². The van der Waals surface area contributed by atoms with Crippen molar-refractivity contribution in [3.05, 3.63) is 72.1 Å². The smallest absolute Gasteiger partial charge is 0.246 e. The molecule has 1 amide bonds. The Hall–Kier alpha value is -2.46. The van der Waals surface area contributed by atoms with Crippen LogP contribution in [0.2, 0.25) is 0 Å². The maximum Gasteiger partial charge on any atom is 0.246 e. The predicted molar refractivity (Wildman–Crippen MR) is 106 cm³/mol. The van der Waals surface area contributed by atoms with E-state index in [1.54, 1.807) is 6.08 Å². The molecule has 0 N–H and O–H groups in total. The summed E-state index contributed by atoms with van der Waals surface area (Å²) in [4.78, 5) is 22.2. The molecule has 138 valence electrons. The molecular weight excluding hydrogens is 334 g/mol. The molecule has 0 radical (unpaired) electrons. The van der Waals surface area contributed by atoms with E-state index in [9.17, 15) is 4.79 Å². The number of carbonyl (C=O) groups excluding carboxylic acids is 1. The van der Waals surface area contributed by atoms with Crippen molar-refractivity contribution in [3.8, 4) is 0 Å². The van der Waals surface area contributed by atoms with Gasteiger partial charge in [0, 0.05) is 37.0 Å². The van der Waals surface area contributed by atoms with Gasteiger partial charge in [0.15, 0.2) is 0 Å². The third-order valence-corrected chi connectivity index (χ3v) is 6.61.